The van der Waals surface area contributed by atoms with Crippen molar-refractivity contribution in [1.82, 2.24) is 0 Å². The molecule has 94 valence electrons. The molecule has 0 amide bonds. The molecule has 0 spiro atoms. The molecule has 0 N–H and O–H groups in total. The molecule has 0 fully saturated rings. The number of Topliss-reactive ketones (excluding diaryl/α,β-unsaturated/α-hetero) is 1. The minimum atomic E-state index is -0.0130. The number of carbonyl (C=O) groups is 1. The van der Waals surface area contributed by atoms with E-state index in [9.17, 15) is 4.79 Å². The summed E-state index contributed by atoms with van der Waals surface area (Å²) in [6.45, 7) is 2.84. The minimum absolute atomic E-state index is 0.0130. The Balaban J connectivity index is 2.54. The van der Waals surface area contributed by atoms with Crippen LogP contribution in [0.1, 0.15) is 23.7 Å². The highest BCUT2D eigenvalue weighted by Crippen LogP contribution is 2.14. The van der Waals surface area contributed by atoms with Gasteiger partial charge >= 0.3 is 0 Å². The lowest BCUT2D eigenvalue weighted by molar-refractivity contribution is 0.0831. The van der Waals surface area contributed by atoms with E-state index in [-0.39, 0.29) is 12.4 Å². The summed E-state index contributed by atoms with van der Waals surface area (Å²) in [5.41, 5.74) is 0.639. The van der Waals surface area contributed by atoms with Gasteiger partial charge in [-0.1, -0.05) is 19.1 Å². The normalized spacial score (nSPS) is 10.2. The van der Waals surface area contributed by atoms with Gasteiger partial charge in [0.25, 0.3) is 0 Å². The number of benzene rings is 1. The Morgan fingerprint density at radius 2 is 2.24 bits per heavy atom. The molecule has 1 aromatic rings. The summed E-state index contributed by atoms with van der Waals surface area (Å²) in [4.78, 5) is 11.8. The first-order valence-corrected chi connectivity index (χ1v) is 7.00. The first kappa shape index (κ1) is 14.1. The quantitative estimate of drug-likeness (QED) is 0.406. The fourth-order valence-corrected chi connectivity index (χ4v) is 1.53. The molecule has 0 aromatic heterocycles. The number of ether oxygens (including phenoxy) is 2. The van der Waals surface area contributed by atoms with Crippen molar-refractivity contribution < 1.29 is 14.3 Å². The van der Waals surface area contributed by atoms with E-state index in [1.165, 1.54) is 0 Å². The van der Waals surface area contributed by atoms with Crippen LogP contribution < -0.4 is 4.74 Å². The summed E-state index contributed by atoms with van der Waals surface area (Å²) in [5, 5.41) is 0. The number of hydrogen-bond acceptors (Lipinski definition) is 4. The van der Waals surface area contributed by atoms with Crippen molar-refractivity contribution in [3.05, 3.63) is 29.8 Å². The second-order valence-corrected chi connectivity index (χ2v) is 4.37. The molecule has 0 aliphatic carbocycles. The van der Waals surface area contributed by atoms with Crippen molar-refractivity contribution in [2.45, 2.75) is 13.3 Å². The lowest BCUT2D eigenvalue weighted by atomic mass is 10.1. The summed E-state index contributed by atoms with van der Waals surface area (Å²) < 4.78 is 10.7. The van der Waals surface area contributed by atoms with Gasteiger partial charge in [0.2, 0.25) is 0 Å². The lowest BCUT2D eigenvalue weighted by Gasteiger charge is -2.06. The predicted octanol–water partition coefficient (Wildman–Crippen LogP) is 3.00. The number of rotatable bonds is 8. The van der Waals surface area contributed by atoms with Gasteiger partial charge in [0.15, 0.2) is 5.78 Å². The first-order valence-electron chi connectivity index (χ1n) is 5.60. The molecule has 3 nitrogen and oxygen atoms in total. The fraction of sp³-hybridized carbons (Fsp3) is 0.462. The fourth-order valence-electron chi connectivity index (χ4n) is 1.28. The maximum absolute atomic E-state index is 11.8. The third kappa shape index (κ3) is 5.24. The molecule has 17 heavy (non-hydrogen) atoms. The van der Waals surface area contributed by atoms with Crippen LogP contribution in [0.2, 0.25) is 0 Å². The number of carbonyl (C=O) groups excluding carboxylic acids is 1. The zero-order valence-corrected chi connectivity index (χ0v) is 11.1. The summed E-state index contributed by atoms with van der Waals surface area (Å²) in [5.74, 6) is 1.26. The van der Waals surface area contributed by atoms with Crippen molar-refractivity contribution in [2.75, 3.05) is 25.4 Å². The van der Waals surface area contributed by atoms with Gasteiger partial charge in [-0.2, -0.15) is 0 Å². The van der Waals surface area contributed by atoms with E-state index in [1.54, 1.807) is 23.9 Å². The predicted molar refractivity (Wildman–Crippen MR) is 70.9 cm³/mol. The molecule has 1 rings (SSSR count). The Morgan fingerprint density at radius 3 is 2.94 bits per heavy atom. The van der Waals surface area contributed by atoms with Crippen molar-refractivity contribution in [2.24, 2.45) is 0 Å². The topological polar surface area (TPSA) is 35.5 Å². The van der Waals surface area contributed by atoms with Crippen LogP contribution in [-0.2, 0) is 4.74 Å². The number of ketones is 1. The molecular formula is C13H18O3S. The van der Waals surface area contributed by atoms with Crippen LogP contribution in [-0.4, -0.2) is 31.2 Å². The Labute approximate surface area is 106 Å². The number of hydrogen-bond donors (Lipinski definition) is 0. The van der Waals surface area contributed by atoms with E-state index in [0.29, 0.717) is 18.1 Å². The van der Waals surface area contributed by atoms with E-state index < -0.39 is 0 Å². The summed E-state index contributed by atoms with van der Waals surface area (Å²) in [6, 6.07) is 7.23. The lowest BCUT2D eigenvalue weighted by Crippen LogP contribution is -2.09. The SMILES string of the molecule is CCCOc1cccc(C(=O)COCSC)c1. The molecule has 0 heterocycles. The highest BCUT2D eigenvalue weighted by atomic mass is 32.2. The van der Waals surface area contributed by atoms with Crippen LogP contribution in [0.4, 0.5) is 0 Å². The molecule has 0 unspecified atom stereocenters. The molecule has 1 aromatic carbocycles. The van der Waals surface area contributed by atoms with Gasteiger partial charge in [-0.3, -0.25) is 4.79 Å². The van der Waals surface area contributed by atoms with E-state index in [0.717, 1.165) is 12.2 Å². The first-order chi connectivity index (χ1) is 8.27. The van der Waals surface area contributed by atoms with Crippen LogP contribution in [0, 0.1) is 0 Å². The van der Waals surface area contributed by atoms with Crippen molar-refractivity contribution >= 4 is 17.5 Å². The largest absolute Gasteiger partial charge is 0.494 e. The minimum Gasteiger partial charge on any atom is -0.494 e. The Kier molecular flexibility index (Phi) is 6.74. The van der Waals surface area contributed by atoms with Crippen molar-refractivity contribution in [3.63, 3.8) is 0 Å². The monoisotopic (exact) mass is 254 g/mol. The molecule has 0 aliphatic rings. The van der Waals surface area contributed by atoms with Crippen molar-refractivity contribution in [3.8, 4) is 5.75 Å². The van der Waals surface area contributed by atoms with Gasteiger partial charge in [0.05, 0.1) is 12.5 Å². The van der Waals surface area contributed by atoms with Crippen LogP contribution in [0.25, 0.3) is 0 Å². The van der Waals surface area contributed by atoms with Gasteiger partial charge in [-0.25, -0.2) is 0 Å². The Bertz CT molecular complexity index is 352. The average Bonchev–Trinajstić information content (AvgIpc) is 2.37. The maximum atomic E-state index is 11.8. The molecule has 0 aliphatic heterocycles. The second kappa shape index (κ2) is 8.14. The van der Waals surface area contributed by atoms with Crippen LogP contribution in [0.15, 0.2) is 24.3 Å². The van der Waals surface area contributed by atoms with E-state index >= 15 is 0 Å². The van der Waals surface area contributed by atoms with E-state index in [1.807, 2.05) is 25.3 Å². The summed E-state index contributed by atoms with van der Waals surface area (Å²) >= 11 is 1.55. The molecule has 0 saturated heterocycles. The van der Waals surface area contributed by atoms with Crippen LogP contribution in [0.5, 0.6) is 5.75 Å². The Hall–Kier alpha value is -1.00. The van der Waals surface area contributed by atoms with E-state index in [4.69, 9.17) is 9.47 Å². The van der Waals surface area contributed by atoms with Crippen LogP contribution in [0.3, 0.4) is 0 Å². The highest BCUT2D eigenvalue weighted by molar-refractivity contribution is 7.98. The standard InChI is InChI=1S/C13H18O3S/c1-3-7-16-12-6-4-5-11(8-12)13(14)9-15-10-17-2/h4-6,8H,3,7,9-10H2,1-2H3. The zero-order valence-electron chi connectivity index (χ0n) is 10.3. The van der Waals surface area contributed by atoms with Crippen molar-refractivity contribution in [1.29, 1.82) is 0 Å². The van der Waals surface area contributed by atoms with Gasteiger partial charge < -0.3 is 9.47 Å². The average molecular weight is 254 g/mol. The van der Waals surface area contributed by atoms with Gasteiger partial charge in [-0.15, -0.1) is 11.8 Å². The maximum Gasteiger partial charge on any atom is 0.188 e. The zero-order chi connectivity index (χ0) is 12.5. The van der Waals surface area contributed by atoms with Gasteiger partial charge in [0.1, 0.15) is 12.4 Å². The smallest absolute Gasteiger partial charge is 0.188 e. The second-order valence-electron chi connectivity index (χ2n) is 3.55. The molecule has 0 radical (unpaired) electrons. The van der Waals surface area contributed by atoms with Gasteiger partial charge in [-0.05, 0) is 24.8 Å². The third-order valence-corrected chi connectivity index (χ3v) is 2.47. The van der Waals surface area contributed by atoms with Gasteiger partial charge in [0, 0.05) is 5.56 Å². The third-order valence-electron chi connectivity index (χ3n) is 2.06. The highest BCUT2D eigenvalue weighted by Gasteiger charge is 2.06. The van der Waals surface area contributed by atoms with Crippen LogP contribution >= 0.6 is 11.8 Å². The molecule has 0 bridgehead atoms. The molecule has 0 atom stereocenters. The van der Waals surface area contributed by atoms with E-state index in [2.05, 4.69) is 0 Å². The number of thioether (sulfide) groups is 1. The molecular weight excluding hydrogens is 236 g/mol. The molecule has 4 heteroatoms. The summed E-state index contributed by atoms with van der Waals surface area (Å²) in [6.07, 6.45) is 2.89. The summed E-state index contributed by atoms with van der Waals surface area (Å²) in [7, 11) is 0. The Morgan fingerprint density at radius 1 is 1.41 bits per heavy atom. The molecule has 0 saturated carbocycles.